The first-order valence-corrected chi connectivity index (χ1v) is 17.5. The molecule has 0 spiro atoms. The topological polar surface area (TPSA) is 63.9 Å². The molecule has 0 saturated heterocycles. The fraction of sp³-hybridized carbons (Fsp3) is 0.561. The minimum atomic E-state index is -0.844. The Morgan fingerprint density at radius 2 is 1.60 bits per heavy atom. The summed E-state index contributed by atoms with van der Waals surface area (Å²) < 4.78 is 0. The van der Waals surface area contributed by atoms with Crippen LogP contribution in [0.3, 0.4) is 0 Å². The molecule has 0 radical (unpaired) electrons. The van der Waals surface area contributed by atoms with Crippen molar-refractivity contribution in [3.63, 3.8) is 0 Å². The van der Waals surface area contributed by atoms with Gasteiger partial charge in [0.1, 0.15) is 0 Å². The Labute approximate surface area is 272 Å². The monoisotopic (exact) mass is 611 g/mol. The van der Waals surface area contributed by atoms with Crippen LogP contribution in [-0.4, -0.2) is 44.1 Å². The quantitative estimate of drug-likeness (QED) is 0.239. The first-order chi connectivity index (χ1) is 21.5. The molecule has 0 aromatic heterocycles. The lowest BCUT2D eigenvalue weighted by Crippen LogP contribution is -2.53. The zero-order valence-electron chi connectivity index (χ0n) is 28.2. The number of hydrogen-bond acceptors (Lipinski definition) is 4. The molecule has 4 nitrogen and oxygen atoms in total. The van der Waals surface area contributed by atoms with E-state index < -0.39 is 23.9 Å². The molecule has 0 bridgehead atoms. The lowest BCUT2D eigenvalue weighted by Gasteiger charge is -2.44. The Morgan fingerprint density at radius 1 is 0.978 bits per heavy atom. The van der Waals surface area contributed by atoms with E-state index in [2.05, 4.69) is 61.7 Å². The average molecular weight is 612 g/mol. The van der Waals surface area contributed by atoms with Crippen molar-refractivity contribution in [1.82, 2.24) is 4.90 Å². The molecule has 2 aromatic carbocycles. The maximum Gasteiger partial charge on any atom is 0.0967 e. The highest BCUT2D eigenvalue weighted by Crippen LogP contribution is 2.60. The first-order valence-electron chi connectivity index (χ1n) is 17.5. The molecule has 2 aromatic rings. The van der Waals surface area contributed by atoms with Crippen LogP contribution in [0.25, 0.3) is 0 Å². The van der Waals surface area contributed by atoms with Crippen molar-refractivity contribution >= 4 is 0 Å². The van der Waals surface area contributed by atoms with E-state index in [0.29, 0.717) is 36.8 Å². The fourth-order valence-corrected chi connectivity index (χ4v) is 9.08. The largest absolute Gasteiger partial charge is 0.391 e. The number of fused-ring (bicyclic) bond motifs is 1. The smallest absolute Gasteiger partial charge is 0.0967 e. The van der Waals surface area contributed by atoms with Crippen LogP contribution in [-0.2, 0) is 13.1 Å². The van der Waals surface area contributed by atoms with Crippen LogP contribution < -0.4 is 0 Å². The Morgan fingerprint density at radius 3 is 2.20 bits per heavy atom. The van der Waals surface area contributed by atoms with Gasteiger partial charge in [0, 0.05) is 19.5 Å². The number of aliphatic hydroxyl groups excluding tert-OH is 2. The van der Waals surface area contributed by atoms with Crippen LogP contribution in [0.5, 0.6) is 0 Å². The molecule has 3 aliphatic rings. The minimum absolute atomic E-state index is 0.319. The summed E-state index contributed by atoms with van der Waals surface area (Å²) in [6.07, 6.45) is 12.7. The van der Waals surface area contributed by atoms with E-state index in [1.165, 1.54) is 37.7 Å². The molecule has 0 amide bonds. The summed E-state index contributed by atoms with van der Waals surface area (Å²) in [6, 6.07) is 20.2. The van der Waals surface area contributed by atoms with Gasteiger partial charge in [-0.2, -0.15) is 0 Å². The van der Waals surface area contributed by atoms with Crippen molar-refractivity contribution in [1.29, 1.82) is 0 Å². The molecular weight excluding hydrogens is 554 g/mol. The van der Waals surface area contributed by atoms with Crippen molar-refractivity contribution in [3.8, 4) is 0 Å². The van der Waals surface area contributed by atoms with Gasteiger partial charge < -0.3 is 15.3 Å². The van der Waals surface area contributed by atoms with Gasteiger partial charge in [0.2, 0.25) is 0 Å². The van der Waals surface area contributed by atoms with Crippen molar-refractivity contribution in [2.75, 3.05) is 0 Å². The van der Waals surface area contributed by atoms with Crippen LogP contribution in [0.2, 0.25) is 0 Å². The van der Waals surface area contributed by atoms with Crippen LogP contribution in [0.15, 0.2) is 96.1 Å². The Hall–Kier alpha value is -2.50. The van der Waals surface area contributed by atoms with Gasteiger partial charge in [0.15, 0.2) is 0 Å². The van der Waals surface area contributed by atoms with E-state index in [1.54, 1.807) is 0 Å². The van der Waals surface area contributed by atoms with Crippen molar-refractivity contribution in [3.05, 3.63) is 107 Å². The number of rotatable bonds is 11. The second kappa shape index (κ2) is 14.5. The molecular formula is C41H57NO3. The molecule has 3 fully saturated rings. The van der Waals surface area contributed by atoms with Gasteiger partial charge in [-0.05, 0) is 97.8 Å². The average Bonchev–Trinajstić information content (AvgIpc) is 3.36. The summed E-state index contributed by atoms with van der Waals surface area (Å²) in [5.74, 6) is 1.97. The summed E-state index contributed by atoms with van der Waals surface area (Å²) in [6.45, 7) is 14.5. The molecule has 244 valence electrons. The maximum atomic E-state index is 11.7. The molecule has 4 heteroatoms. The van der Waals surface area contributed by atoms with E-state index >= 15 is 0 Å². The van der Waals surface area contributed by atoms with Gasteiger partial charge in [0.05, 0.1) is 23.9 Å². The van der Waals surface area contributed by atoms with E-state index in [9.17, 15) is 15.3 Å². The van der Waals surface area contributed by atoms with Gasteiger partial charge >= 0.3 is 0 Å². The molecule has 3 saturated carbocycles. The number of nitrogens with zero attached hydrogens (tertiary/aromatic N) is 1. The lowest BCUT2D eigenvalue weighted by atomic mass is 9.60. The molecule has 0 heterocycles. The van der Waals surface area contributed by atoms with Crippen LogP contribution in [0, 0.1) is 23.2 Å². The highest BCUT2D eigenvalue weighted by atomic mass is 16.3. The van der Waals surface area contributed by atoms with Gasteiger partial charge in [0.25, 0.3) is 0 Å². The van der Waals surface area contributed by atoms with Gasteiger partial charge in [-0.3, -0.25) is 4.90 Å². The third-order valence-corrected chi connectivity index (χ3v) is 11.5. The predicted molar refractivity (Wildman–Crippen MR) is 185 cm³/mol. The van der Waals surface area contributed by atoms with Gasteiger partial charge in [-0.25, -0.2) is 0 Å². The highest BCUT2D eigenvalue weighted by molar-refractivity contribution is 5.41. The molecule has 7 atom stereocenters. The second-order valence-corrected chi connectivity index (χ2v) is 15.3. The summed E-state index contributed by atoms with van der Waals surface area (Å²) in [7, 11) is 0. The van der Waals surface area contributed by atoms with Crippen molar-refractivity contribution in [2.24, 2.45) is 23.2 Å². The summed E-state index contributed by atoms with van der Waals surface area (Å²) in [5.41, 5.74) is 5.30. The van der Waals surface area contributed by atoms with Crippen LogP contribution in [0.4, 0.5) is 0 Å². The Balaban J connectivity index is 1.30. The summed E-state index contributed by atoms with van der Waals surface area (Å²) in [5, 5.41) is 33.4. The Bertz CT molecular complexity index is 1280. The first kappa shape index (κ1) is 33.9. The fourth-order valence-electron chi connectivity index (χ4n) is 9.08. The van der Waals surface area contributed by atoms with Gasteiger partial charge in [-0.1, -0.05) is 112 Å². The molecule has 0 aliphatic heterocycles. The van der Waals surface area contributed by atoms with Crippen LogP contribution in [0.1, 0.15) is 96.6 Å². The van der Waals surface area contributed by atoms with E-state index in [-0.39, 0.29) is 0 Å². The Kier molecular flexibility index (Phi) is 10.9. The third kappa shape index (κ3) is 8.08. The van der Waals surface area contributed by atoms with E-state index in [4.69, 9.17) is 0 Å². The SMILES string of the molecule is C=C1/C(=C\C=C2/CCC[C@]3(C)[C@@H]([C@H](C)CCCC(C)(C)O)CC[C@@H]23)C[C@@H](O)[C@@H](N(Cc2ccccc2)Cc2ccccc2)[C@@H]1O. The zero-order chi connectivity index (χ0) is 32.2. The number of allylic oxidation sites excluding steroid dienone is 3. The van der Waals surface area contributed by atoms with E-state index in [0.717, 1.165) is 47.5 Å². The number of hydrogen-bond donors (Lipinski definition) is 3. The number of aliphatic hydroxyl groups is 3. The second-order valence-electron chi connectivity index (χ2n) is 15.3. The van der Waals surface area contributed by atoms with Crippen LogP contribution >= 0.6 is 0 Å². The zero-order valence-corrected chi connectivity index (χ0v) is 28.2. The molecule has 3 N–H and O–H groups in total. The highest BCUT2D eigenvalue weighted by Gasteiger charge is 2.50. The molecule has 3 aliphatic carbocycles. The molecule has 45 heavy (non-hydrogen) atoms. The lowest BCUT2D eigenvalue weighted by molar-refractivity contribution is -0.0309. The van der Waals surface area contributed by atoms with E-state index in [1.807, 2.05) is 50.2 Å². The minimum Gasteiger partial charge on any atom is -0.391 e. The normalized spacial score (nSPS) is 31.5. The standard InChI is InChI=1S/C41H57NO3/c1-29(14-12-24-40(3,4)45)35-22-23-36-33(19-13-25-41(35,36)5)20-21-34-26-37(43)38(39(44)30(34)2)42(27-31-15-8-6-9-16-31)28-32-17-10-7-11-18-32/h6-11,15-18,20-21,29,35-39,43-45H,2,12-14,19,22-28H2,1,3-5H3/b33-20+,34-21-/t29-,35-,36+,37-,38-,39-,41-/m1/s1. The van der Waals surface area contributed by atoms with Gasteiger partial charge in [-0.15, -0.1) is 0 Å². The third-order valence-electron chi connectivity index (χ3n) is 11.5. The summed E-state index contributed by atoms with van der Waals surface area (Å²) in [4.78, 5) is 2.22. The molecule has 0 unspecified atom stereocenters. The van der Waals surface area contributed by atoms with Crippen molar-refractivity contribution in [2.45, 2.75) is 122 Å². The summed E-state index contributed by atoms with van der Waals surface area (Å²) >= 11 is 0. The predicted octanol–water partition coefficient (Wildman–Crippen LogP) is 8.39. The number of benzene rings is 2. The maximum absolute atomic E-state index is 11.7. The van der Waals surface area contributed by atoms with Crippen molar-refractivity contribution < 1.29 is 15.3 Å². The molecule has 5 rings (SSSR count).